The largest absolute Gasteiger partial charge is 0.481 e. The smallest absolute Gasteiger partial charge is 0.309 e. The predicted octanol–water partition coefficient (Wildman–Crippen LogP) is 3.26. The van der Waals surface area contributed by atoms with Crippen molar-refractivity contribution in [2.24, 2.45) is 16.7 Å². The zero-order valence-electron chi connectivity index (χ0n) is 14.4. The number of carboxylic acids is 1. The lowest BCUT2D eigenvalue weighted by atomic mass is 9.65. The number of benzene rings is 1. The van der Waals surface area contributed by atoms with Gasteiger partial charge in [-0.1, -0.05) is 44.2 Å². The van der Waals surface area contributed by atoms with Gasteiger partial charge in [-0.2, -0.15) is 0 Å². The van der Waals surface area contributed by atoms with E-state index in [1.54, 1.807) is 6.92 Å². The normalized spacial score (nSPS) is 27.4. The van der Waals surface area contributed by atoms with Crippen LogP contribution in [0, 0.1) is 16.7 Å². The van der Waals surface area contributed by atoms with Gasteiger partial charge in [-0.05, 0) is 44.1 Å². The number of carboxylic acid groups (broad SMARTS) is 1. The second kappa shape index (κ2) is 6.34. The van der Waals surface area contributed by atoms with Crippen LogP contribution in [0.5, 0.6) is 0 Å². The van der Waals surface area contributed by atoms with Crippen LogP contribution in [0.4, 0.5) is 0 Å². The number of amides is 1. The van der Waals surface area contributed by atoms with E-state index in [0.29, 0.717) is 12.8 Å². The first-order chi connectivity index (χ1) is 10.7. The number of rotatable bonds is 5. The monoisotopic (exact) mass is 317 g/mol. The molecule has 0 radical (unpaired) electrons. The molecule has 0 spiro atoms. The van der Waals surface area contributed by atoms with Crippen molar-refractivity contribution in [2.75, 3.05) is 0 Å². The topological polar surface area (TPSA) is 66.4 Å². The Kier molecular flexibility index (Phi) is 4.83. The van der Waals surface area contributed by atoms with Gasteiger partial charge in [0.1, 0.15) is 0 Å². The summed E-state index contributed by atoms with van der Waals surface area (Å²) in [7, 11) is 0. The van der Waals surface area contributed by atoms with Crippen LogP contribution in [0.3, 0.4) is 0 Å². The molecule has 1 aromatic carbocycles. The molecular weight excluding hydrogens is 290 g/mol. The molecule has 1 amide bonds. The predicted molar refractivity (Wildman–Crippen MR) is 90.0 cm³/mol. The van der Waals surface area contributed by atoms with Crippen molar-refractivity contribution in [3.05, 3.63) is 35.9 Å². The molecule has 1 aliphatic carbocycles. The highest BCUT2D eigenvalue weighted by Crippen LogP contribution is 2.56. The summed E-state index contributed by atoms with van der Waals surface area (Å²) in [6, 6.07) is 10.1. The van der Waals surface area contributed by atoms with Gasteiger partial charge >= 0.3 is 5.97 Å². The van der Waals surface area contributed by atoms with Gasteiger partial charge in [0.25, 0.3) is 0 Å². The molecule has 3 unspecified atom stereocenters. The summed E-state index contributed by atoms with van der Waals surface area (Å²) < 4.78 is 0. The standard InChI is InChI=1S/C19H27NO3/c1-13(12-14-8-6-5-7-9-14)20-16(21)15-10-11-19(4,17(22)23)18(15,2)3/h5-9,13,15H,10-12H2,1-4H3,(H,20,21)(H,22,23). The average molecular weight is 317 g/mol. The molecule has 4 heteroatoms. The number of nitrogens with one attached hydrogen (secondary N) is 1. The van der Waals surface area contributed by atoms with Crippen molar-refractivity contribution in [2.45, 2.75) is 53.0 Å². The zero-order valence-corrected chi connectivity index (χ0v) is 14.4. The van der Waals surface area contributed by atoms with Crippen LogP contribution in [0.1, 0.15) is 46.1 Å². The summed E-state index contributed by atoms with van der Waals surface area (Å²) in [5, 5.41) is 12.6. The van der Waals surface area contributed by atoms with Crippen LogP contribution in [0.15, 0.2) is 30.3 Å². The average Bonchev–Trinajstić information content (AvgIpc) is 2.71. The summed E-state index contributed by atoms with van der Waals surface area (Å²) in [6.45, 7) is 7.56. The van der Waals surface area contributed by atoms with Crippen LogP contribution in [-0.4, -0.2) is 23.0 Å². The third-order valence-electron chi connectivity index (χ3n) is 5.79. The van der Waals surface area contributed by atoms with E-state index < -0.39 is 16.8 Å². The Bertz CT molecular complexity index is 582. The Morgan fingerprint density at radius 2 is 1.87 bits per heavy atom. The number of carbonyl (C=O) groups excluding carboxylic acids is 1. The van der Waals surface area contributed by atoms with E-state index in [4.69, 9.17) is 0 Å². The van der Waals surface area contributed by atoms with E-state index in [1.807, 2.05) is 51.1 Å². The second-order valence-electron chi connectivity index (χ2n) is 7.55. The maximum atomic E-state index is 12.7. The minimum Gasteiger partial charge on any atom is -0.481 e. The number of hydrogen-bond acceptors (Lipinski definition) is 2. The fourth-order valence-corrected chi connectivity index (χ4v) is 3.70. The molecule has 1 saturated carbocycles. The number of hydrogen-bond donors (Lipinski definition) is 2. The minimum atomic E-state index is -0.850. The molecule has 2 rings (SSSR count). The maximum Gasteiger partial charge on any atom is 0.309 e. The molecule has 2 N–H and O–H groups in total. The Labute approximate surface area is 138 Å². The Balaban J connectivity index is 2.02. The molecule has 0 heterocycles. The van der Waals surface area contributed by atoms with Crippen LogP contribution in [0.2, 0.25) is 0 Å². The summed E-state index contributed by atoms with van der Waals surface area (Å²) in [5.74, 6) is -1.10. The van der Waals surface area contributed by atoms with Crippen molar-refractivity contribution in [1.29, 1.82) is 0 Å². The van der Waals surface area contributed by atoms with Gasteiger partial charge in [0, 0.05) is 12.0 Å². The van der Waals surface area contributed by atoms with Crippen molar-refractivity contribution in [3.8, 4) is 0 Å². The van der Waals surface area contributed by atoms with Crippen LogP contribution in [-0.2, 0) is 16.0 Å². The molecule has 1 aromatic rings. The zero-order chi connectivity index (χ0) is 17.3. The highest BCUT2D eigenvalue weighted by atomic mass is 16.4. The lowest BCUT2D eigenvalue weighted by Crippen LogP contribution is -2.47. The lowest BCUT2D eigenvalue weighted by Gasteiger charge is -2.38. The summed E-state index contributed by atoms with van der Waals surface area (Å²) in [5.41, 5.74) is -0.228. The number of carbonyl (C=O) groups is 2. The lowest BCUT2D eigenvalue weighted by molar-refractivity contribution is -0.155. The third kappa shape index (κ3) is 3.26. The van der Waals surface area contributed by atoms with Gasteiger partial charge in [0.05, 0.1) is 5.41 Å². The first-order valence-corrected chi connectivity index (χ1v) is 8.26. The van der Waals surface area contributed by atoms with Crippen LogP contribution < -0.4 is 5.32 Å². The van der Waals surface area contributed by atoms with Crippen LogP contribution in [0.25, 0.3) is 0 Å². The van der Waals surface area contributed by atoms with Gasteiger partial charge in [-0.25, -0.2) is 0 Å². The van der Waals surface area contributed by atoms with Gasteiger partial charge < -0.3 is 10.4 Å². The molecular formula is C19H27NO3. The molecule has 0 bridgehead atoms. The minimum absolute atomic E-state index is 0.0246. The van der Waals surface area contributed by atoms with E-state index in [0.717, 1.165) is 6.42 Å². The number of aliphatic carboxylic acids is 1. The van der Waals surface area contributed by atoms with Crippen LogP contribution >= 0.6 is 0 Å². The van der Waals surface area contributed by atoms with Crippen molar-refractivity contribution >= 4 is 11.9 Å². The summed E-state index contributed by atoms with van der Waals surface area (Å²) >= 11 is 0. The van der Waals surface area contributed by atoms with Gasteiger partial charge in [-0.3, -0.25) is 9.59 Å². The van der Waals surface area contributed by atoms with Gasteiger partial charge in [0.2, 0.25) is 5.91 Å². The Morgan fingerprint density at radius 1 is 1.26 bits per heavy atom. The summed E-state index contributed by atoms with van der Waals surface area (Å²) in [6.07, 6.45) is 1.94. The third-order valence-corrected chi connectivity index (χ3v) is 5.79. The molecule has 4 nitrogen and oxygen atoms in total. The Hall–Kier alpha value is -1.84. The van der Waals surface area contributed by atoms with E-state index in [2.05, 4.69) is 5.32 Å². The van der Waals surface area contributed by atoms with E-state index in [1.165, 1.54) is 5.56 Å². The van der Waals surface area contributed by atoms with Gasteiger partial charge in [-0.15, -0.1) is 0 Å². The van der Waals surface area contributed by atoms with Crippen molar-refractivity contribution in [1.82, 2.24) is 5.32 Å². The fourth-order valence-electron chi connectivity index (χ4n) is 3.70. The van der Waals surface area contributed by atoms with Crippen molar-refractivity contribution in [3.63, 3.8) is 0 Å². The fraction of sp³-hybridized carbons (Fsp3) is 0.579. The molecule has 23 heavy (non-hydrogen) atoms. The molecule has 0 aliphatic heterocycles. The van der Waals surface area contributed by atoms with Crippen molar-refractivity contribution < 1.29 is 14.7 Å². The highest BCUT2D eigenvalue weighted by molar-refractivity contribution is 5.84. The molecule has 1 aliphatic rings. The Morgan fingerprint density at radius 3 is 2.39 bits per heavy atom. The maximum absolute atomic E-state index is 12.7. The van der Waals surface area contributed by atoms with E-state index in [-0.39, 0.29) is 17.9 Å². The molecule has 3 atom stereocenters. The molecule has 126 valence electrons. The molecule has 0 aromatic heterocycles. The highest BCUT2D eigenvalue weighted by Gasteiger charge is 2.58. The van der Waals surface area contributed by atoms with E-state index in [9.17, 15) is 14.7 Å². The van der Waals surface area contributed by atoms with E-state index >= 15 is 0 Å². The first-order valence-electron chi connectivity index (χ1n) is 8.26. The SMILES string of the molecule is CC(Cc1ccccc1)NC(=O)C1CCC(C)(C(=O)O)C1(C)C. The molecule has 1 fully saturated rings. The first kappa shape index (κ1) is 17.5. The molecule has 0 saturated heterocycles. The van der Waals surface area contributed by atoms with Gasteiger partial charge in [0.15, 0.2) is 0 Å². The quantitative estimate of drug-likeness (QED) is 0.876. The second-order valence-corrected chi connectivity index (χ2v) is 7.55. The summed E-state index contributed by atoms with van der Waals surface area (Å²) in [4.78, 5) is 24.3.